The number of aromatic nitrogens is 2. The van der Waals surface area contributed by atoms with Crippen molar-refractivity contribution in [2.45, 2.75) is 0 Å². The topological polar surface area (TPSA) is 25.8 Å². The van der Waals surface area contributed by atoms with Crippen molar-refractivity contribution in [1.29, 1.82) is 0 Å². The van der Waals surface area contributed by atoms with Gasteiger partial charge in [-0.3, -0.25) is 0 Å². The Labute approximate surface area is 74.9 Å². The van der Waals surface area contributed by atoms with E-state index in [1.807, 2.05) is 0 Å². The molecule has 0 unspecified atom stereocenters. The molecule has 1 aromatic rings. The SMILES string of the molecule is ClCC=Cc1ccc(Cl)nn1. The highest BCUT2D eigenvalue weighted by Crippen LogP contribution is 2.03. The number of alkyl halides is 1. The highest BCUT2D eigenvalue weighted by Gasteiger charge is 1.88. The fourth-order valence-electron chi connectivity index (χ4n) is 0.580. The summed E-state index contributed by atoms with van der Waals surface area (Å²) in [6.45, 7) is 0. The van der Waals surface area contributed by atoms with Crippen LogP contribution in [-0.4, -0.2) is 16.1 Å². The van der Waals surface area contributed by atoms with Crippen LogP contribution < -0.4 is 0 Å². The first-order valence-corrected chi connectivity index (χ1v) is 3.96. The first-order chi connectivity index (χ1) is 5.33. The third-order valence-electron chi connectivity index (χ3n) is 1.03. The maximum absolute atomic E-state index is 5.52. The monoisotopic (exact) mass is 188 g/mol. The highest BCUT2D eigenvalue weighted by atomic mass is 35.5. The second-order valence-corrected chi connectivity index (χ2v) is 2.53. The highest BCUT2D eigenvalue weighted by molar-refractivity contribution is 6.29. The van der Waals surface area contributed by atoms with Crippen molar-refractivity contribution in [2.24, 2.45) is 0 Å². The van der Waals surface area contributed by atoms with Crippen LogP contribution in [0.4, 0.5) is 0 Å². The Kier molecular flexibility index (Phi) is 3.33. The molecule has 0 aromatic carbocycles. The van der Waals surface area contributed by atoms with Crippen LogP contribution in [0, 0.1) is 0 Å². The van der Waals surface area contributed by atoms with Gasteiger partial charge in [-0.2, -0.15) is 0 Å². The molecule has 0 aliphatic rings. The molecular formula is C7H6Cl2N2. The van der Waals surface area contributed by atoms with Crippen LogP contribution in [0.3, 0.4) is 0 Å². The van der Waals surface area contributed by atoms with Crippen LogP contribution in [0.1, 0.15) is 5.69 Å². The molecule has 1 aromatic heterocycles. The van der Waals surface area contributed by atoms with E-state index in [-0.39, 0.29) is 0 Å². The minimum absolute atomic E-state index is 0.396. The molecule has 0 spiro atoms. The van der Waals surface area contributed by atoms with Crippen molar-refractivity contribution in [3.05, 3.63) is 29.1 Å². The van der Waals surface area contributed by atoms with Crippen molar-refractivity contribution in [1.82, 2.24) is 10.2 Å². The summed E-state index contributed by atoms with van der Waals surface area (Å²) in [5.41, 5.74) is 0.759. The smallest absolute Gasteiger partial charge is 0.150 e. The molecule has 0 saturated carbocycles. The summed E-state index contributed by atoms with van der Waals surface area (Å²) >= 11 is 10.9. The lowest BCUT2D eigenvalue weighted by Gasteiger charge is -1.89. The van der Waals surface area contributed by atoms with Crippen molar-refractivity contribution in [2.75, 3.05) is 5.88 Å². The summed E-state index contributed by atoms with van der Waals surface area (Å²) in [5, 5.41) is 7.84. The lowest BCUT2D eigenvalue weighted by molar-refractivity contribution is 1.02. The van der Waals surface area contributed by atoms with E-state index in [1.54, 1.807) is 24.3 Å². The van der Waals surface area contributed by atoms with Gasteiger partial charge in [-0.15, -0.1) is 21.8 Å². The Bertz CT molecular complexity index is 243. The van der Waals surface area contributed by atoms with Gasteiger partial charge in [0.15, 0.2) is 5.15 Å². The Balaban J connectivity index is 2.73. The molecule has 0 radical (unpaired) electrons. The van der Waals surface area contributed by atoms with Gasteiger partial charge in [0.2, 0.25) is 0 Å². The normalized spacial score (nSPS) is 10.7. The van der Waals surface area contributed by atoms with Crippen LogP contribution in [-0.2, 0) is 0 Å². The minimum atomic E-state index is 0.396. The molecule has 0 fully saturated rings. The lowest BCUT2D eigenvalue weighted by Crippen LogP contribution is -1.84. The Hall–Kier alpha value is -0.600. The average molecular weight is 189 g/mol. The largest absolute Gasteiger partial charge is 0.151 e. The molecule has 11 heavy (non-hydrogen) atoms. The molecule has 1 heterocycles. The second kappa shape index (κ2) is 4.31. The molecular weight excluding hydrogens is 183 g/mol. The predicted molar refractivity (Wildman–Crippen MR) is 46.8 cm³/mol. The third kappa shape index (κ3) is 2.87. The number of halogens is 2. The first kappa shape index (κ1) is 8.50. The van der Waals surface area contributed by atoms with Gasteiger partial charge >= 0.3 is 0 Å². The van der Waals surface area contributed by atoms with Crippen LogP contribution >= 0.6 is 23.2 Å². The molecule has 0 N–H and O–H groups in total. The van der Waals surface area contributed by atoms with Gasteiger partial charge in [0.05, 0.1) is 5.69 Å². The van der Waals surface area contributed by atoms with Gasteiger partial charge in [0, 0.05) is 5.88 Å². The zero-order valence-electron chi connectivity index (χ0n) is 5.67. The van der Waals surface area contributed by atoms with E-state index in [2.05, 4.69) is 10.2 Å². The van der Waals surface area contributed by atoms with Crippen molar-refractivity contribution in [3.63, 3.8) is 0 Å². The van der Waals surface area contributed by atoms with E-state index in [0.29, 0.717) is 11.0 Å². The Morgan fingerprint density at radius 3 is 2.73 bits per heavy atom. The lowest BCUT2D eigenvalue weighted by atomic mass is 10.3. The van der Waals surface area contributed by atoms with E-state index in [1.165, 1.54) is 0 Å². The van der Waals surface area contributed by atoms with Crippen LogP contribution in [0.2, 0.25) is 5.15 Å². The Morgan fingerprint density at radius 2 is 2.18 bits per heavy atom. The van der Waals surface area contributed by atoms with Gasteiger partial charge in [0.1, 0.15) is 0 Å². The van der Waals surface area contributed by atoms with Crippen LogP contribution in [0.5, 0.6) is 0 Å². The molecule has 0 saturated heterocycles. The molecule has 0 bridgehead atoms. The summed E-state index contributed by atoms with van der Waals surface area (Å²) in [4.78, 5) is 0. The molecule has 0 atom stereocenters. The maximum atomic E-state index is 5.52. The zero-order valence-corrected chi connectivity index (χ0v) is 7.18. The van der Waals surface area contributed by atoms with Crippen LogP contribution in [0.15, 0.2) is 18.2 Å². The minimum Gasteiger partial charge on any atom is -0.150 e. The van der Waals surface area contributed by atoms with Crippen LogP contribution in [0.25, 0.3) is 6.08 Å². The summed E-state index contributed by atoms with van der Waals surface area (Å²) in [6.07, 6.45) is 3.58. The van der Waals surface area contributed by atoms with Gasteiger partial charge < -0.3 is 0 Å². The third-order valence-corrected chi connectivity index (χ3v) is 1.41. The summed E-state index contributed by atoms with van der Waals surface area (Å²) < 4.78 is 0. The number of rotatable bonds is 2. The molecule has 1 rings (SSSR count). The molecule has 58 valence electrons. The summed E-state index contributed by atoms with van der Waals surface area (Å²) in [5.74, 6) is 0.476. The standard InChI is InChI=1S/C7H6Cl2N2/c8-5-1-2-6-3-4-7(9)11-10-6/h1-4H,5H2. The van der Waals surface area contributed by atoms with Crippen molar-refractivity contribution >= 4 is 29.3 Å². The number of allylic oxidation sites excluding steroid dienone is 1. The quantitative estimate of drug-likeness (QED) is 0.667. The summed E-state index contributed by atoms with van der Waals surface area (Å²) in [7, 11) is 0. The number of nitrogens with zero attached hydrogens (tertiary/aromatic N) is 2. The van der Waals surface area contributed by atoms with E-state index < -0.39 is 0 Å². The van der Waals surface area contributed by atoms with E-state index in [0.717, 1.165) is 5.69 Å². The first-order valence-electron chi connectivity index (χ1n) is 3.04. The fourth-order valence-corrected chi connectivity index (χ4v) is 0.770. The van der Waals surface area contributed by atoms with Crippen molar-refractivity contribution < 1.29 is 0 Å². The number of hydrogen-bond acceptors (Lipinski definition) is 2. The van der Waals surface area contributed by atoms with E-state index >= 15 is 0 Å². The van der Waals surface area contributed by atoms with Gasteiger partial charge in [0.25, 0.3) is 0 Å². The molecule has 0 aliphatic carbocycles. The summed E-state index contributed by atoms with van der Waals surface area (Å²) in [6, 6.07) is 3.46. The van der Waals surface area contributed by atoms with E-state index in [4.69, 9.17) is 23.2 Å². The average Bonchev–Trinajstić information content (AvgIpc) is 2.04. The maximum Gasteiger partial charge on any atom is 0.151 e. The zero-order chi connectivity index (χ0) is 8.10. The predicted octanol–water partition coefficient (Wildman–Crippen LogP) is 2.38. The molecule has 4 heteroatoms. The second-order valence-electron chi connectivity index (χ2n) is 1.84. The number of hydrogen-bond donors (Lipinski definition) is 0. The molecule has 0 amide bonds. The molecule has 2 nitrogen and oxygen atoms in total. The Morgan fingerprint density at radius 1 is 1.36 bits per heavy atom. The van der Waals surface area contributed by atoms with Crippen molar-refractivity contribution in [3.8, 4) is 0 Å². The fraction of sp³-hybridized carbons (Fsp3) is 0.143. The molecule has 0 aliphatic heterocycles. The van der Waals surface area contributed by atoms with Gasteiger partial charge in [-0.1, -0.05) is 17.7 Å². The van der Waals surface area contributed by atoms with Gasteiger partial charge in [-0.05, 0) is 18.2 Å². The van der Waals surface area contributed by atoms with Gasteiger partial charge in [-0.25, -0.2) is 0 Å². The van der Waals surface area contributed by atoms with E-state index in [9.17, 15) is 0 Å².